The first-order chi connectivity index (χ1) is 10.7. The van der Waals surface area contributed by atoms with Crippen molar-refractivity contribution < 1.29 is 4.74 Å². The molecular weight excluding hydrogens is 321 g/mol. The lowest BCUT2D eigenvalue weighted by molar-refractivity contribution is 0.0315. The van der Waals surface area contributed by atoms with E-state index in [2.05, 4.69) is 27.8 Å². The van der Waals surface area contributed by atoms with Crippen LogP contribution in [0.1, 0.15) is 11.5 Å². The summed E-state index contributed by atoms with van der Waals surface area (Å²) in [5.74, 6) is 0.257. The van der Waals surface area contributed by atoms with Crippen LogP contribution < -0.4 is 10.6 Å². The number of hydrogen-bond donors (Lipinski definition) is 2. The van der Waals surface area contributed by atoms with E-state index in [1.165, 1.54) is 5.56 Å². The maximum atomic E-state index is 6.19. The van der Waals surface area contributed by atoms with Crippen LogP contribution in [0.3, 0.4) is 0 Å². The van der Waals surface area contributed by atoms with Crippen molar-refractivity contribution in [1.29, 1.82) is 0 Å². The topological polar surface area (TPSA) is 36.5 Å². The molecule has 4 nitrogen and oxygen atoms in total. The molecule has 2 heterocycles. The normalized spacial score (nSPS) is 26.0. The summed E-state index contributed by atoms with van der Waals surface area (Å²) in [5.41, 5.74) is 1.17. The Labute approximate surface area is 141 Å². The molecule has 120 valence electrons. The number of benzene rings is 1. The molecule has 1 saturated heterocycles. The van der Waals surface area contributed by atoms with Crippen molar-refractivity contribution in [3.05, 3.63) is 46.1 Å². The number of rotatable bonds is 3. The molecule has 1 aromatic carbocycles. The molecule has 3 rings (SSSR count). The van der Waals surface area contributed by atoms with Crippen LogP contribution in [0.5, 0.6) is 0 Å². The fraction of sp³-hybridized carbons (Fsp3) is 0.500. The Kier molecular flexibility index (Phi) is 5.61. The lowest BCUT2D eigenvalue weighted by atomic mass is 9.92. The van der Waals surface area contributed by atoms with Gasteiger partial charge in [0.2, 0.25) is 0 Å². The van der Waals surface area contributed by atoms with Gasteiger partial charge in [-0.1, -0.05) is 35.3 Å². The van der Waals surface area contributed by atoms with Gasteiger partial charge in [-0.05, 0) is 23.9 Å². The molecule has 1 fully saturated rings. The predicted octanol–water partition coefficient (Wildman–Crippen LogP) is 2.44. The smallest absolute Gasteiger partial charge is 0.0831 e. The Bertz CT molecular complexity index is 538. The van der Waals surface area contributed by atoms with Crippen LogP contribution in [-0.4, -0.2) is 50.5 Å². The van der Waals surface area contributed by atoms with Gasteiger partial charge in [-0.2, -0.15) is 0 Å². The third kappa shape index (κ3) is 3.94. The molecule has 0 radical (unpaired) electrons. The quantitative estimate of drug-likeness (QED) is 0.885. The van der Waals surface area contributed by atoms with Crippen molar-refractivity contribution in [2.45, 2.75) is 12.0 Å². The van der Waals surface area contributed by atoms with Crippen molar-refractivity contribution in [3.8, 4) is 0 Å². The molecule has 2 aliphatic rings. The largest absolute Gasteiger partial charge is 0.374 e. The first-order valence-electron chi connectivity index (χ1n) is 7.63. The van der Waals surface area contributed by atoms with E-state index in [1.807, 2.05) is 18.2 Å². The molecule has 0 amide bonds. The minimum absolute atomic E-state index is 0.122. The van der Waals surface area contributed by atoms with Crippen molar-refractivity contribution in [2.75, 3.05) is 39.5 Å². The standard InChI is InChI=1S/C16H21Cl2N3O/c17-14-3-2-12(8-15(14)18)13-9-19-5-7-22-16(13)10-21-6-1-4-20-11-21/h1-3,6,8,13,16,19-20H,4-5,7,9-11H2/t13-,16+/m0/s1. The summed E-state index contributed by atoms with van der Waals surface area (Å²) >= 11 is 12.2. The van der Waals surface area contributed by atoms with E-state index in [1.54, 1.807) is 0 Å². The van der Waals surface area contributed by atoms with Crippen molar-refractivity contribution in [2.24, 2.45) is 0 Å². The lowest BCUT2D eigenvalue weighted by Crippen LogP contribution is -2.42. The van der Waals surface area contributed by atoms with Gasteiger partial charge in [0, 0.05) is 32.1 Å². The molecule has 0 aliphatic carbocycles. The van der Waals surface area contributed by atoms with Crippen LogP contribution in [0.2, 0.25) is 10.0 Å². The Hall–Kier alpha value is -0.780. The van der Waals surface area contributed by atoms with E-state index in [0.29, 0.717) is 10.0 Å². The van der Waals surface area contributed by atoms with Crippen LogP contribution >= 0.6 is 23.2 Å². The Morgan fingerprint density at radius 2 is 2.14 bits per heavy atom. The van der Waals surface area contributed by atoms with E-state index < -0.39 is 0 Å². The zero-order chi connectivity index (χ0) is 15.4. The number of nitrogens with zero attached hydrogens (tertiary/aromatic N) is 1. The molecule has 2 atom stereocenters. The van der Waals surface area contributed by atoms with Crippen LogP contribution in [0.15, 0.2) is 30.5 Å². The first-order valence-corrected chi connectivity index (χ1v) is 8.38. The predicted molar refractivity (Wildman–Crippen MR) is 90.5 cm³/mol. The molecule has 2 aliphatic heterocycles. The van der Waals surface area contributed by atoms with Gasteiger partial charge in [-0.15, -0.1) is 0 Å². The molecule has 6 heteroatoms. The molecule has 0 bridgehead atoms. The maximum Gasteiger partial charge on any atom is 0.0831 e. The van der Waals surface area contributed by atoms with Crippen LogP contribution in [0, 0.1) is 0 Å². The minimum atomic E-state index is 0.122. The number of hydrogen-bond acceptors (Lipinski definition) is 4. The van der Waals surface area contributed by atoms with Crippen LogP contribution in [0.25, 0.3) is 0 Å². The zero-order valence-corrected chi connectivity index (χ0v) is 13.9. The second kappa shape index (κ2) is 7.66. The average Bonchev–Trinajstić information content (AvgIpc) is 2.77. The number of nitrogens with one attached hydrogen (secondary N) is 2. The lowest BCUT2D eigenvalue weighted by Gasteiger charge is -2.32. The van der Waals surface area contributed by atoms with E-state index >= 15 is 0 Å². The summed E-state index contributed by atoms with van der Waals surface area (Å²) in [5, 5.41) is 7.97. The summed E-state index contributed by atoms with van der Waals surface area (Å²) in [4.78, 5) is 2.25. The molecule has 0 aromatic heterocycles. The van der Waals surface area contributed by atoms with Gasteiger partial charge < -0.3 is 15.0 Å². The summed E-state index contributed by atoms with van der Waals surface area (Å²) in [6, 6.07) is 5.87. The highest BCUT2D eigenvalue weighted by Gasteiger charge is 2.28. The van der Waals surface area contributed by atoms with E-state index in [-0.39, 0.29) is 12.0 Å². The van der Waals surface area contributed by atoms with Crippen LogP contribution in [0.4, 0.5) is 0 Å². The molecule has 22 heavy (non-hydrogen) atoms. The Balaban J connectivity index is 1.78. The molecule has 0 saturated carbocycles. The first kappa shape index (κ1) is 16.1. The minimum Gasteiger partial charge on any atom is -0.374 e. The SMILES string of the molecule is Clc1ccc([C@@H]2CNCCO[C@@H]2CN2C=CCNC2)cc1Cl. The molecule has 2 N–H and O–H groups in total. The maximum absolute atomic E-state index is 6.19. The molecule has 1 aromatic rings. The summed E-state index contributed by atoms with van der Waals surface area (Å²) in [6.45, 7) is 5.14. The molecule has 0 unspecified atom stereocenters. The van der Waals surface area contributed by atoms with Crippen molar-refractivity contribution in [3.63, 3.8) is 0 Å². The highest BCUT2D eigenvalue weighted by molar-refractivity contribution is 6.42. The van der Waals surface area contributed by atoms with E-state index in [9.17, 15) is 0 Å². The fourth-order valence-electron chi connectivity index (χ4n) is 2.95. The van der Waals surface area contributed by atoms with Gasteiger partial charge in [0.15, 0.2) is 0 Å². The Morgan fingerprint density at radius 1 is 1.23 bits per heavy atom. The third-order valence-electron chi connectivity index (χ3n) is 4.10. The third-order valence-corrected chi connectivity index (χ3v) is 4.84. The fourth-order valence-corrected chi connectivity index (χ4v) is 3.25. The van der Waals surface area contributed by atoms with Gasteiger partial charge >= 0.3 is 0 Å². The summed E-state index contributed by atoms with van der Waals surface area (Å²) in [7, 11) is 0. The van der Waals surface area contributed by atoms with Gasteiger partial charge in [-0.3, -0.25) is 5.32 Å². The van der Waals surface area contributed by atoms with Crippen molar-refractivity contribution in [1.82, 2.24) is 15.5 Å². The Morgan fingerprint density at radius 3 is 2.91 bits per heavy atom. The van der Waals surface area contributed by atoms with Gasteiger partial charge in [0.25, 0.3) is 0 Å². The highest BCUT2D eigenvalue weighted by Crippen LogP contribution is 2.30. The molecule has 0 spiro atoms. The second-order valence-corrected chi connectivity index (χ2v) is 6.48. The van der Waals surface area contributed by atoms with Crippen molar-refractivity contribution >= 4 is 23.2 Å². The van der Waals surface area contributed by atoms with Gasteiger partial charge in [-0.25, -0.2) is 0 Å². The number of halogens is 2. The monoisotopic (exact) mass is 341 g/mol. The second-order valence-electron chi connectivity index (χ2n) is 5.66. The molecular formula is C16H21Cl2N3O. The zero-order valence-electron chi connectivity index (χ0n) is 12.4. The van der Waals surface area contributed by atoms with E-state index in [4.69, 9.17) is 27.9 Å². The van der Waals surface area contributed by atoms with Gasteiger partial charge in [0.05, 0.1) is 29.4 Å². The summed E-state index contributed by atoms with van der Waals surface area (Å²) in [6.07, 6.45) is 4.40. The van der Waals surface area contributed by atoms with Gasteiger partial charge in [0.1, 0.15) is 0 Å². The van der Waals surface area contributed by atoms with Crippen LogP contribution in [-0.2, 0) is 4.74 Å². The van der Waals surface area contributed by atoms with E-state index in [0.717, 1.165) is 39.5 Å². The summed E-state index contributed by atoms with van der Waals surface area (Å²) < 4.78 is 6.10. The highest BCUT2D eigenvalue weighted by atomic mass is 35.5. The average molecular weight is 342 g/mol. The number of ether oxygens (including phenoxy) is 1.